The zero-order chi connectivity index (χ0) is 10.7. The van der Waals surface area contributed by atoms with E-state index < -0.39 is 0 Å². The van der Waals surface area contributed by atoms with E-state index in [1.54, 1.807) is 0 Å². The Morgan fingerprint density at radius 1 is 1.47 bits per heavy atom. The summed E-state index contributed by atoms with van der Waals surface area (Å²) in [5.74, 6) is 3.07. The second-order valence-corrected chi connectivity index (χ2v) is 4.58. The van der Waals surface area contributed by atoms with Crippen LogP contribution in [-0.2, 0) is 6.42 Å². The van der Waals surface area contributed by atoms with Crippen LogP contribution in [0.25, 0.3) is 0 Å². The summed E-state index contributed by atoms with van der Waals surface area (Å²) in [6, 6.07) is 4.53. The molecule has 0 aromatic carbocycles. The van der Waals surface area contributed by atoms with Gasteiger partial charge in [0.1, 0.15) is 11.5 Å². The minimum atomic E-state index is 0.353. The SMILES string of the molecule is CCc1ccc(C(C)NCC2CCC2)o1. The van der Waals surface area contributed by atoms with Crippen molar-refractivity contribution in [2.24, 2.45) is 5.92 Å². The first-order valence-electron chi connectivity index (χ1n) is 6.11. The van der Waals surface area contributed by atoms with Crippen LogP contribution < -0.4 is 5.32 Å². The van der Waals surface area contributed by atoms with E-state index in [9.17, 15) is 0 Å². The van der Waals surface area contributed by atoms with Gasteiger partial charge in [-0.25, -0.2) is 0 Å². The average Bonchev–Trinajstić information content (AvgIpc) is 2.63. The summed E-state index contributed by atoms with van der Waals surface area (Å²) in [5.41, 5.74) is 0. The van der Waals surface area contributed by atoms with E-state index in [4.69, 9.17) is 4.42 Å². The Hall–Kier alpha value is -0.760. The van der Waals surface area contributed by atoms with E-state index in [2.05, 4.69) is 31.3 Å². The van der Waals surface area contributed by atoms with E-state index in [1.165, 1.54) is 19.3 Å². The van der Waals surface area contributed by atoms with Crippen LogP contribution >= 0.6 is 0 Å². The summed E-state index contributed by atoms with van der Waals surface area (Å²) in [4.78, 5) is 0. The number of hydrogen-bond acceptors (Lipinski definition) is 2. The predicted molar refractivity (Wildman–Crippen MR) is 61.8 cm³/mol. The van der Waals surface area contributed by atoms with E-state index in [0.29, 0.717) is 6.04 Å². The Balaban J connectivity index is 1.80. The molecule has 0 amide bonds. The third kappa shape index (κ3) is 2.63. The van der Waals surface area contributed by atoms with Crippen molar-refractivity contribution < 1.29 is 4.42 Å². The number of aryl methyl sites for hydroxylation is 1. The molecule has 0 bridgehead atoms. The van der Waals surface area contributed by atoms with Crippen LogP contribution in [0, 0.1) is 5.92 Å². The molecule has 0 radical (unpaired) electrons. The molecule has 1 aromatic rings. The van der Waals surface area contributed by atoms with Crippen LogP contribution in [0.2, 0.25) is 0 Å². The van der Waals surface area contributed by atoms with E-state index in [1.807, 2.05) is 0 Å². The van der Waals surface area contributed by atoms with Crippen molar-refractivity contribution in [2.75, 3.05) is 6.54 Å². The van der Waals surface area contributed by atoms with Crippen molar-refractivity contribution >= 4 is 0 Å². The summed E-state index contributed by atoms with van der Waals surface area (Å²) in [6.07, 6.45) is 5.20. The van der Waals surface area contributed by atoms with Crippen molar-refractivity contribution in [3.8, 4) is 0 Å². The smallest absolute Gasteiger partial charge is 0.120 e. The maximum Gasteiger partial charge on any atom is 0.120 e. The van der Waals surface area contributed by atoms with E-state index >= 15 is 0 Å². The van der Waals surface area contributed by atoms with Crippen LogP contribution in [0.1, 0.15) is 50.7 Å². The van der Waals surface area contributed by atoms with Crippen molar-refractivity contribution in [2.45, 2.75) is 45.6 Å². The Bertz CT molecular complexity index is 301. The molecule has 2 rings (SSSR count). The fraction of sp³-hybridized carbons (Fsp3) is 0.692. The lowest BCUT2D eigenvalue weighted by atomic mass is 9.85. The van der Waals surface area contributed by atoms with Gasteiger partial charge in [-0.1, -0.05) is 13.3 Å². The zero-order valence-electron chi connectivity index (χ0n) is 9.75. The molecule has 84 valence electrons. The van der Waals surface area contributed by atoms with Crippen molar-refractivity contribution in [3.63, 3.8) is 0 Å². The van der Waals surface area contributed by atoms with Crippen LogP contribution in [0.15, 0.2) is 16.5 Å². The monoisotopic (exact) mass is 207 g/mol. The Labute approximate surface area is 92.1 Å². The highest BCUT2D eigenvalue weighted by atomic mass is 16.3. The highest BCUT2D eigenvalue weighted by Gasteiger charge is 2.18. The molecule has 15 heavy (non-hydrogen) atoms. The van der Waals surface area contributed by atoms with Gasteiger partial charge in [-0.15, -0.1) is 0 Å². The second-order valence-electron chi connectivity index (χ2n) is 4.58. The lowest BCUT2D eigenvalue weighted by molar-refractivity contribution is 0.283. The zero-order valence-corrected chi connectivity index (χ0v) is 9.75. The average molecular weight is 207 g/mol. The molecular formula is C13H21NO. The first kappa shape index (κ1) is 10.7. The largest absolute Gasteiger partial charge is 0.464 e. The first-order valence-corrected chi connectivity index (χ1v) is 6.11. The van der Waals surface area contributed by atoms with Crippen molar-refractivity contribution in [1.82, 2.24) is 5.32 Å². The third-order valence-corrected chi connectivity index (χ3v) is 3.40. The molecule has 1 N–H and O–H groups in total. The van der Waals surface area contributed by atoms with Gasteiger partial charge in [0.2, 0.25) is 0 Å². The summed E-state index contributed by atoms with van der Waals surface area (Å²) in [7, 11) is 0. The number of rotatable bonds is 5. The van der Waals surface area contributed by atoms with Gasteiger partial charge in [-0.2, -0.15) is 0 Å². The summed E-state index contributed by atoms with van der Waals surface area (Å²) < 4.78 is 5.72. The Morgan fingerprint density at radius 2 is 2.27 bits per heavy atom. The normalized spacial score (nSPS) is 18.8. The van der Waals surface area contributed by atoms with Crippen LogP contribution in [0.4, 0.5) is 0 Å². The molecule has 0 spiro atoms. The van der Waals surface area contributed by atoms with Gasteiger partial charge in [0.05, 0.1) is 6.04 Å². The summed E-state index contributed by atoms with van der Waals surface area (Å²) in [6.45, 7) is 5.44. The molecule has 0 aliphatic heterocycles. The number of nitrogens with one attached hydrogen (secondary N) is 1. The standard InChI is InChI=1S/C13H21NO/c1-3-12-7-8-13(15-12)10(2)14-9-11-5-4-6-11/h7-8,10-11,14H,3-6,9H2,1-2H3. The Kier molecular flexibility index (Phi) is 3.47. The van der Waals surface area contributed by atoms with Gasteiger partial charge in [-0.05, 0) is 44.4 Å². The van der Waals surface area contributed by atoms with Crippen molar-refractivity contribution in [3.05, 3.63) is 23.7 Å². The molecule has 2 heteroatoms. The highest BCUT2D eigenvalue weighted by molar-refractivity contribution is 5.10. The van der Waals surface area contributed by atoms with Gasteiger partial charge in [0.25, 0.3) is 0 Å². The van der Waals surface area contributed by atoms with E-state index in [-0.39, 0.29) is 0 Å². The Morgan fingerprint density at radius 3 is 2.80 bits per heavy atom. The fourth-order valence-corrected chi connectivity index (χ4v) is 1.96. The lowest BCUT2D eigenvalue weighted by Gasteiger charge is -2.26. The molecular weight excluding hydrogens is 186 g/mol. The number of furan rings is 1. The summed E-state index contributed by atoms with van der Waals surface area (Å²) in [5, 5.41) is 3.54. The molecule has 1 aliphatic rings. The maximum atomic E-state index is 5.72. The molecule has 1 unspecified atom stereocenters. The minimum absolute atomic E-state index is 0.353. The lowest BCUT2D eigenvalue weighted by Crippen LogP contribution is -2.29. The molecule has 1 atom stereocenters. The second kappa shape index (κ2) is 4.84. The topological polar surface area (TPSA) is 25.2 Å². The van der Waals surface area contributed by atoms with Gasteiger partial charge in [-0.3, -0.25) is 0 Å². The molecule has 2 nitrogen and oxygen atoms in total. The van der Waals surface area contributed by atoms with Gasteiger partial charge in [0, 0.05) is 6.42 Å². The maximum absolute atomic E-state index is 5.72. The molecule has 1 aromatic heterocycles. The van der Waals surface area contributed by atoms with Crippen LogP contribution in [0.3, 0.4) is 0 Å². The molecule has 1 fully saturated rings. The van der Waals surface area contributed by atoms with E-state index in [0.717, 1.165) is 30.4 Å². The predicted octanol–water partition coefficient (Wildman–Crippen LogP) is 3.29. The van der Waals surface area contributed by atoms with Crippen LogP contribution in [0.5, 0.6) is 0 Å². The minimum Gasteiger partial charge on any atom is -0.464 e. The molecule has 1 saturated carbocycles. The fourth-order valence-electron chi connectivity index (χ4n) is 1.96. The van der Waals surface area contributed by atoms with Gasteiger partial charge >= 0.3 is 0 Å². The van der Waals surface area contributed by atoms with Crippen molar-refractivity contribution in [1.29, 1.82) is 0 Å². The van der Waals surface area contributed by atoms with Gasteiger partial charge < -0.3 is 9.73 Å². The molecule has 1 aliphatic carbocycles. The molecule has 1 heterocycles. The number of hydrogen-bond donors (Lipinski definition) is 1. The quantitative estimate of drug-likeness (QED) is 0.801. The molecule has 0 saturated heterocycles. The van der Waals surface area contributed by atoms with Gasteiger partial charge in [0.15, 0.2) is 0 Å². The van der Waals surface area contributed by atoms with Crippen LogP contribution in [-0.4, -0.2) is 6.54 Å². The highest BCUT2D eigenvalue weighted by Crippen LogP contribution is 2.26. The summed E-state index contributed by atoms with van der Waals surface area (Å²) >= 11 is 0. The first-order chi connectivity index (χ1) is 7.29. The third-order valence-electron chi connectivity index (χ3n) is 3.40.